The minimum Gasteiger partial charge on any atom is -0.438 e. The van der Waals surface area contributed by atoms with Crippen molar-refractivity contribution in [2.45, 2.75) is 38.8 Å². The molecule has 2 unspecified atom stereocenters. The summed E-state index contributed by atoms with van der Waals surface area (Å²) in [6.07, 6.45) is 3.39. The number of hydrogen-bond donors (Lipinski definition) is 2. The zero-order chi connectivity index (χ0) is 11.5. The summed E-state index contributed by atoms with van der Waals surface area (Å²) in [4.78, 5) is 15.8. The molecule has 1 aliphatic rings. The first-order valence-electron chi connectivity index (χ1n) is 5.63. The molecule has 1 aliphatic heterocycles. The van der Waals surface area contributed by atoms with Gasteiger partial charge in [-0.15, -0.1) is 24.8 Å². The maximum Gasteiger partial charge on any atom is 0.289 e. The van der Waals surface area contributed by atoms with Crippen LogP contribution >= 0.6 is 24.8 Å². The fourth-order valence-corrected chi connectivity index (χ4v) is 1.99. The van der Waals surface area contributed by atoms with E-state index < -0.39 is 0 Å². The van der Waals surface area contributed by atoms with Crippen LogP contribution in [0.2, 0.25) is 0 Å². The number of amides is 1. The largest absolute Gasteiger partial charge is 0.438 e. The fourth-order valence-electron chi connectivity index (χ4n) is 1.99. The summed E-state index contributed by atoms with van der Waals surface area (Å²) in [7, 11) is 0. The van der Waals surface area contributed by atoms with Gasteiger partial charge in [-0.1, -0.05) is 0 Å². The minimum atomic E-state index is -0.171. The zero-order valence-electron chi connectivity index (χ0n) is 10.4. The van der Waals surface area contributed by atoms with Crippen molar-refractivity contribution in [3.63, 3.8) is 0 Å². The summed E-state index contributed by atoms with van der Waals surface area (Å²) in [6.45, 7) is 4.87. The van der Waals surface area contributed by atoms with E-state index in [1.54, 1.807) is 6.92 Å². The maximum atomic E-state index is 11.9. The van der Waals surface area contributed by atoms with E-state index >= 15 is 0 Å². The van der Waals surface area contributed by atoms with Crippen molar-refractivity contribution < 1.29 is 9.21 Å². The average Bonchev–Trinajstić information content (AvgIpc) is 2.68. The summed E-state index contributed by atoms with van der Waals surface area (Å²) < 4.78 is 5.06. The van der Waals surface area contributed by atoms with Crippen LogP contribution in [-0.4, -0.2) is 29.5 Å². The number of oxazole rings is 1. The molecule has 18 heavy (non-hydrogen) atoms. The molecular weight excluding hydrogens is 277 g/mol. The van der Waals surface area contributed by atoms with E-state index in [0.29, 0.717) is 17.5 Å². The van der Waals surface area contributed by atoms with E-state index in [1.807, 2.05) is 0 Å². The Morgan fingerprint density at radius 3 is 2.83 bits per heavy atom. The van der Waals surface area contributed by atoms with Crippen molar-refractivity contribution in [3.8, 4) is 0 Å². The molecule has 2 rings (SSSR count). The first-order valence-corrected chi connectivity index (χ1v) is 5.63. The van der Waals surface area contributed by atoms with Gasteiger partial charge in [0.1, 0.15) is 0 Å². The Kier molecular flexibility index (Phi) is 7.28. The van der Waals surface area contributed by atoms with E-state index in [1.165, 1.54) is 6.39 Å². The second kappa shape index (κ2) is 7.61. The third-order valence-corrected chi connectivity index (χ3v) is 3.03. The Labute approximate surface area is 119 Å². The molecule has 1 aromatic heterocycles. The topological polar surface area (TPSA) is 67.2 Å². The molecule has 0 radical (unpaired) electrons. The highest BCUT2D eigenvalue weighted by Crippen LogP contribution is 2.11. The van der Waals surface area contributed by atoms with Crippen LogP contribution in [0, 0.1) is 6.92 Å². The molecule has 5 nitrogen and oxygen atoms in total. The van der Waals surface area contributed by atoms with E-state index in [9.17, 15) is 4.79 Å². The molecule has 1 amide bonds. The van der Waals surface area contributed by atoms with Gasteiger partial charge in [0.15, 0.2) is 6.39 Å². The molecule has 1 aromatic rings. The van der Waals surface area contributed by atoms with Crippen LogP contribution in [0.5, 0.6) is 0 Å². The molecule has 2 atom stereocenters. The summed E-state index contributed by atoms with van der Waals surface area (Å²) >= 11 is 0. The molecule has 1 saturated heterocycles. The minimum absolute atomic E-state index is 0. The number of carbonyl (C=O) groups excluding carboxylic acids is 1. The number of nitrogens with zero attached hydrogens (tertiary/aromatic N) is 1. The Morgan fingerprint density at radius 2 is 2.28 bits per heavy atom. The van der Waals surface area contributed by atoms with Crippen molar-refractivity contribution in [2.75, 3.05) is 6.54 Å². The van der Waals surface area contributed by atoms with Crippen molar-refractivity contribution in [2.24, 2.45) is 0 Å². The molecule has 0 aliphatic carbocycles. The van der Waals surface area contributed by atoms with Gasteiger partial charge in [-0.2, -0.15) is 0 Å². The average molecular weight is 296 g/mol. The number of aryl methyl sites for hydroxylation is 1. The maximum absolute atomic E-state index is 11.9. The highest BCUT2D eigenvalue weighted by molar-refractivity contribution is 5.92. The van der Waals surface area contributed by atoms with Gasteiger partial charge in [-0.25, -0.2) is 4.98 Å². The third-order valence-electron chi connectivity index (χ3n) is 3.03. The summed E-state index contributed by atoms with van der Waals surface area (Å²) in [5, 5.41) is 6.31. The van der Waals surface area contributed by atoms with Crippen molar-refractivity contribution in [3.05, 3.63) is 17.8 Å². The summed E-state index contributed by atoms with van der Waals surface area (Å²) in [5.41, 5.74) is 0.633. The van der Waals surface area contributed by atoms with Gasteiger partial charge in [0.25, 0.3) is 5.91 Å². The van der Waals surface area contributed by atoms with E-state index in [2.05, 4.69) is 22.5 Å². The first kappa shape index (κ1) is 17.2. The Hall–Kier alpha value is -0.780. The molecule has 0 spiro atoms. The lowest BCUT2D eigenvalue weighted by atomic mass is 10.00. The third kappa shape index (κ3) is 3.86. The quantitative estimate of drug-likeness (QED) is 0.871. The van der Waals surface area contributed by atoms with Gasteiger partial charge in [0.2, 0.25) is 5.76 Å². The lowest BCUT2D eigenvalue weighted by Gasteiger charge is -2.30. The van der Waals surface area contributed by atoms with Crippen LogP contribution in [0.3, 0.4) is 0 Å². The van der Waals surface area contributed by atoms with Gasteiger partial charge in [-0.05, 0) is 33.2 Å². The first-order chi connectivity index (χ1) is 7.68. The van der Waals surface area contributed by atoms with Crippen LogP contribution in [0.25, 0.3) is 0 Å². The SMILES string of the molecule is Cc1ncoc1C(=O)NC1CCCNC1C.Cl.Cl. The standard InChI is InChI=1S/C11H17N3O2.2ClH/c1-7-9(4-3-5-12-7)14-11(15)10-8(2)13-6-16-10;;/h6-7,9,12H,3-5H2,1-2H3,(H,14,15);2*1H. The second-order valence-corrected chi connectivity index (χ2v) is 4.23. The Balaban J connectivity index is 0.00000144. The Bertz CT molecular complexity index is 384. The molecule has 0 aromatic carbocycles. The highest BCUT2D eigenvalue weighted by atomic mass is 35.5. The van der Waals surface area contributed by atoms with E-state index in [0.717, 1.165) is 19.4 Å². The molecule has 104 valence electrons. The van der Waals surface area contributed by atoms with E-state index in [4.69, 9.17) is 4.42 Å². The molecular formula is C11H19Cl2N3O2. The zero-order valence-corrected chi connectivity index (χ0v) is 12.1. The van der Waals surface area contributed by atoms with Crippen LogP contribution in [0.15, 0.2) is 10.8 Å². The van der Waals surface area contributed by atoms with Gasteiger partial charge in [-0.3, -0.25) is 4.79 Å². The number of aromatic nitrogens is 1. The van der Waals surface area contributed by atoms with Crippen molar-refractivity contribution >= 4 is 30.7 Å². The normalized spacial score (nSPS) is 22.6. The fraction of sp³-hybridized carbons (Fsp3) is 0.636. The number of carbonyl (C=O) groups is 1. The molecule has 7 heteroatoms. The van der Waals surface area contributed by atoms with E-state index in [-0.39, 0.29) is 36.8 Å². The predicted octanol–water partition coefficient (Wildman–Crippen LogP) is 1.70. The van der Waals surface area contributed by atoms with Crippen molar-refractivity contribution in [1.29, 1.82) is 0 Å². The molecule has 1 fully saturated rings. The Morgan fingerprint density at radius 1 is 1.56 bits per heavy atom. The number of rotatable bonds is 2. The molecule has 0 bridgehead atoms. The lowest BCUT2D eigenvalue weighted by Crippen LogP contribution is -2.51. The highest BCUT2D eigenvalue weighted by Gasteiger charge is 2.24. The predicted molar refractivity (Wildman–Crippen MR) is 73.7 cm³/mol. The summed E-state index contributed by atoms with van der Waals surface area (Å²) in [6, 6.07) is 0.478. The summed E-state index contributed by atoms with van der Waals surface area (Å²) in [5.74, 6) is 0.147. The van der Waals surface area contributed by atoms with Crippen LogP contribution in [0.4, 0.5) is 0 Å². The molecule has 2 heterocycles. The van der Waals surface area contributed by atoms with Gasteiger partial charge in [0, 0.05) is 12.1 Å². The van der Waals surface area contributed by atoms with Gasteiger partial charge >= 0.3 is 0 Å². The monoisotopic (exact) mass is 295 g/mol. The molecule has 2 N–H and O–H groups in total. The lowest BCUT2D eigenvalue weighted by molar-refractivity contribution is 0.0891. The van der Waals surface area contributed by atoms with Gasteiger partial charge < -0.3 is 15.1 Å². The number of piperidine rings is 1. The van der Waals surface area contributed by atoms with Gasteiger partial charge in [0.05, 0.1) is 5.69 Å². The number of halogens is 2. The van der Waals surface area contributed by atoms with Crippen LogP contribution in [-0.2, 0) is 0 Å². The van der Waals surface area contributed by atoms with Crippen LogP contribution < -0.4 is 10.6 Å². The molecule has 0 saturated carbocycles. The number of nitrogens with one attached hydrogen (secondary N) is 2. The van der Waals surface area contributed by atoms with Crippen LogP contribution in [0.1, 0.15) is 36.0 Å². The smallest absolute Gasteiger partial charge is 0.289 e. The van der Waals surface area contributed by atoms with Crippen molar-refractivity contribution in [1.82, 2.24) is 15.6 Å². The second-order valence-electron chi connectivity index (χ2n) is 4.23. The number of hydrogen-bond acceptors (Lipinski definition) is 4.